The summed E-state index contributed by atoms with van der Waals surface area (Å²) < 4.78 is 5.28. The molecule has 1 aromatic heterocycles. The molecule has 0 bridgehead atoms. The lowest BCUT2D eigenvalue weighted by molar-refractivity contribution is 0.0895. The SMILES string of the molecule is CCC(CC)c1cc(C(=O)NC2CCCc3cc(N)ccc32)on1. The Labute approximate surface area is 142 Å². The van der Waals surface area contributed by atoms with Crippen molar-refractivity contribution in [1.82, 2.24) is 10.5 Å². The molecule has 0 spiro atoms. The second-order valence-electron chi connectivity index (χ2n) is 6.51. The fourth-order valence-electron chi connectivity index (χ4n) is 3.51. The molecule has 1 atom stereocenters. The zero-order chi connectivity index (χ0) is 17.1. The number of fused-ring (bicyclic) bond motifs is 1. The largest absolute Gasteiger partial charge is 0.399 e. The van der Waals surface area contributed by atoms with E-state index < -0.39 is 0 Å². The van der Waals surface area contributed by atoms with Crippen LogP contribution < -0.4 is 11.1 Å². The van der Waals surface area contributed by atoms with Crippen molar-refractivity contribution in [2.45, 2.75) is 57.9 Å². The van der Waals surface area contributed by atoms with Gasteiger partial charge in [0.05, 0.1) is 11.7 Å². The lowest BCUT2D eigenvalue weighted by Gasteiger charge is -2.26. The molecule has 0 radical (unpaired) electrons. The molecule has 1 unspecified atom stereocenters. The predicted octanol–water partition coefficient (Wildman–Crippen LogP) is 3.97. The summed E-state index contributed by atoms with van der Waals surface area (Å²) in [5.41, 5.74) is 9.88. The highest BCUT2D eigenvalue weighted by Crippen LogP contribution is 2.31. The Morgan fingerprint density at radius 1 is 1.38 bits per heavy atom. The molecule has 1 amide bonds. The maximum atomic E-state index is 12.5. The van der Waals surface area contributed by atoms with Crippen molar-refractivity contribution in [2.24, 2.45) is 0 Å². The smallest absolute Gasteiger partial charge is 0.290 e. The van der Waals surface area contributed by atoms with E-state index in [4.69, 9.17) is 10.3 Å². The first-order valence-electron chi connectivity index (χ1n) is 8.78. The lowest BCUT2D eigenvalue weighted by atomic mass is 9.87. The maximum Gasteiger partial charge on any atom is 0.290 e. The van der Waals surface area contributed by atoms with Gasteiger partial charge in [-0.15, -0.1) is 0 Å². The van der Waals surface area contributed by atoms with E-state index in [1.807, 2.05) is 18.2 Å². The van der Waals surface area contributed by atoms with Gasteiger partial charge >= 0.3 is 0 Å². The number of nitrogens with one attached hydrogen (secondary N) is 1. The average Bonchev–Trinajstić information content (AvgIpc) is 3.06. The van der Waals surface area contributed by atoms with Crippen LogP contribution in [0.1, 0.15) is 78.9 Å². The fourth-order valence-corrected chi connectivity index (χ4v) is 3.51. The van der Waals surface area contributed by atoms with Gasteiger partial charge in [0.25, 0.3) is 5.91 Å². The first kappa shape index (κ1) is 16.6. The van der Waals surface area contributed by atoms with Crippen LogP contribution in [0, 0.1) is 0 Å². The minimum atomic E-state index is -0.200. The number of aromatic nitrogens is 1. The van der Waals surface area contributed by atoms with E-state index in [1.54, 1.807) is 6.07 Å². The van der Waals surface area contributed by atoms with Gasteiger partial charge in [0.1, 0.15) is 0 Å². The third-order valence-corrected chi connectivity index (χ3v) is 4.94. The van der Waals surface area contributed by atoms with Crippen molar-refractivity contribution in [3.05, 3.63) is 46.8 Å². The summed E-state index contributed by atoms with van der Waals surface area (Å²) in [5, 5.41) is 7.16. The standard InChI is InChI=1S/C19H25N3O2/c1-3-12(4-2)17-11-18(24-22-17)19(23)21-16-7-5-6-13-10-14(20)8-9-15(13)16/h8-12,16H,3-7,20H2,1-2H3,(H,21,23). The summed E-state index contributed by atoms with van der Waals surface area (Å²) in [6.45, 7) is 4.24. The molecule has 1 aliphatic carbocycles. The lowest BCUT2D eigenvalue weighted by Crippen LogP contribution is -2.30. The molecular weight excluding hydrogens is 302 g/mol. The normalized spacial score (nSPS) is 16.9. The molecule has 0 saturated heterocycles. The van der Waals surface area contributed by atoms with Gasteiger partial charge in [0, 0.05) is 17.7 Å². The van der Waals surface area contributed by atoms with Gasteiger partial charge in [0.2, 0.25) is 5.76 Å². The Kier molecular flexibility index (Phi) is 4.88. The molecule has 24 heavy (non-hydrogen) atoms. The topological polar surface area (TPSA) is 81.2 Å². The van der Waals surface area contributed by atoms with Gasteiger partial charge in [-0.05, 0) is 55.4 Å². The van der Waals surface area contributed by atoms with Crippen LogP contribution >= 0.6 is 0 Å². The highest BCUT2D eigenvalue weighted by atomic mass is 16.5. The summed E-state index contributed by atoms with van der Waals surface area (Å²) in [6, 6.07) is 7.70. The number of rotatable bonds is 5. The molecule has 1 aromatic carbocycles. The Bertz CT molecular complexity index is 719. The number of hydrogen-bond acceptors (Lipinski definition) is 4. The molecule has 0 fully saturated rings. The quantitative estimate of drug-likeness (QED) is 0.814. The predicted molar refractivity (Wildman–Crippen MR) is 93.8 cm³/mol. The van der Waals surface area contributed by atoms with E-state index in [9.17, 15) is 4.79 Å². The summed E-state index contributed by atoms with van der Waals surface area (Å²) in [7, 11) is 0. The molecule has 0 aliphatic heterocycles. The molecular formula is C19H25N3O2. The van der Waals surface area contributed by atoms with Crippen LogP contribution in [0.2, 0.25) is 0 Å². The Hall–Kier alpha value is -2.30. The van der Waals surface area contributed by atoms with E-state index in [1.165, 1.54) is 5.56 Å². The number of nitrogens with two attached hydrogens (primary N) is 1. The maximum absolute atomic E-state index is 12.5. The fraction of sp³-hybridized carbons (Fsp3) is 0.474. The molecule has 2 aromatic rings. The van der Waals surface area contributed by atoms with Gasteiger partial charge in [0.15, 0.2) is 0 Å². The number of carbonyl (C=O) groups is 1. The van der Waals surface area contributed by atoms with E-state index in [2.05, 4.69) is 24.3 Å². The van der Waals surface area contributed by atoms with E-state index in [0.29, 0.717) is 11.7 Å². The zero-order valence-electron chi connectivity index (χ0n) is 14.3. The number of carbonyl (C=O) groups excluding carboxylic acids is 1. The monoisotopic (exact) mass is 327 g/mol. The van der Waals surface area contributed by atoms with Crippen molar-refractivity contribution in [3.63, 3.8) is 0 Å². The number of hydrogen-bond donors (Lipinski definition) is 2. The van der Waals surface area contributed by atoms with Crippen LogP contribution in [0.25, 0.3) is 0 Å². The molecule has 1 heterocycles. The summed E-state index contributed by atoms with van der Waals surface area (Å²) >= 11 is 0. The van der Waals surface area contributed by atoms with Crippen LogP contribution in [-0.2, 0) is 6.42 Å². The number of anilines is 1. The number of nitrogen functional groups attached to an aromatic ring is 1. The van der Waals surface area contributed by atoms with Gasteiger partial charge in [-0.2, -0.15) is 0 Å². The first-order chi connectivity index (χ1) is 11.6. The number of aryl methyl sites for hydroxylation is 1. The van der Waals surface area contributed by atoms with E-state index in [-0.39, 0.29) is 11.9 Å². The summed E-state index contributed by atoms with van der Waals surface area (Å²) in [4.78, 5) is 12.5. The summed E-state index contributed by atoms with van der Waals surface area (Å²) in [5.74, 6) is 0.433. The van der Waals surface area contributed by atoms with Crippen LogP contribution in [0.4, 0.5) is 5.69 Å². The van der Waals surface area contributed by atoms with Crippen molar-refractivity contribution in [1.29, 1.82) is 0 Å². The van der Waals surface area contributed by atoms with E-state index in [0.717, 1.165) is 49.0 Å². The molecule has 3 rings (SSSR count). The van der Waals surface area contributed by atoms with Gasteiger partial charge in [-0.1, -0.05) is 25.1 Å². The molecule has 3 N–H and O–H groups in total. The third kappa shape index (κ3) is 3.30. The average molecular weight is 327 g/mol. The highest BCUT2D eigenvalue weighted by Gasteiger charge is 2.24. The van der Waals surface area contributed by atoms with E-state index >= 15 is 0 Å². The summed E-state index contributed by atoms with van der Waals surface area (Å²) in [6.07, 6.45) is 4.95. The minimum Gasteiger partial charge on any atom is -0.399 e. The van der Waals surface area contributed by atoms with Crippen molar-refractivity contribution < 1.29 is 9.32 Å². The zero-order valence-corrected chi connectivity index (χ0v) is 14.3. The van der Waals surface area contributed by atoms with Gasteiger partial charge in [-0.25, -0.2) is 0 Å². The minimum absolute atomic E-state index is 0.00328. The molecule has 128 valence electrons. The van der Waals surface area contributed by atoms with Gasteiger partial charge in [-0.3, -0.25) is 4.79 Å². The molecule has 0 saturated carbocycles. The molecule has 1 aliphatic rings. The number of benzene rings is 1. The Morgan fingerprint density at radius 2 is 2.17 bits per heavy atom. The van der Waals surface area contributed by atoms with Crippen LogP contribution in [0.15, 0.2) is 28.8 Å². The van der Waals surface area contributed by atoms with Crippen LogP contribution in [-0.4, -0.2) is 11.1 Å². The van der Waals surface area contributed by atoms with Crippen molar-refractivity contribution >= 4 is 11.6 Å². The molecule has 5 heteroatoms. The van der Waals surface area contributed by atoms with Crippen molar-refractivity contribution in [2.75, 3.05) is 5.73 Å². The third-order valence-electron chi connectivity index (χ3n) is 4.94. The number of amides is 1. The molecule has 5 nitrogen and oxygen atoms in total. The highest BCUT2D eigenvalue weighted by molar-refractivity contribution is 5.91. The Balaban J connectivity index is 1.74. The number of nitrogens with zero attached hydrogens (tertiary/aromatic N) is 1. The first-order valence-corrected chi connectivity index (χ1v) is 8.78. The van der Waals surface area contributed by atoms with Crippen LogP contribution in [0.3, 0.4) is 0 Å². The van der Waals surface area contributed by atoms with Crippen molar-refractivity contribution in [3.8, 4) is 0 Å². The second kappa shape index (κ2) is 7.07. The van der Waals surface area contributed by atoms with Gasteiger partial charge < -0.3 is 15.6 Å². The second-order valence-corrected chi connectivity index (χ2v) is 6.51. The Morgan fingerprint density at radius 3 is 2.92 bits per heavy atom. The van der Waals surface area contributed by atoms with Crippen LogP contribution in [0.5, 0.6) is 0 Å².